The molecule has 1 N–H and O–H groups in total. The Kier molecular flexibility index (Phi) is 6.29. The minimum absolute atomic E-state index is 0.122. The molecule has 1 aliphatic heterocycles. The second-order valence-electron chi connectivity index (χ2n) is 7.44. The number of aryl methyl sites for hydroxylation is 1. The molecule has 0 saturated carbocycles. The minimum atomic E-state index is -4.87. The predicted molar refractivity (Wildman–Crippen MR) is 116 cm³/mol. The molecule has 33 heavy (non-hydrogen) atoms. The van der Waals surface area contributed by atoms with Crippen LogP contribution in [0.2, 0.25) is 0 Å². The van der Waals surface area contributed by atoms with Crippen molar-refractivity contribution >= 4 is 23.4 Å². The number of alkyl halides is 3. The molecule has 4 rings (SSSR count). The molecule has 172 valence electrons. The van der Waals surface area contributed by atoms with E-state index in [1.165, 1.54) is 23.1 Å². The molecule has 0 bridgehead atoms. The van der Waals surface area contributed by atoms with Crippen LogP contribution in [0.1, 0.15) is 15.9 Å². The van der Waals surface area contributed by atoms with Crippen molar-refractivity contribution in [3.05, 3.63) is 65.9 Å². The third-order valence-corrected chi connectivity index (χ3v) is 5.06. The number of rotatable bonds is 5. The molecular weight excluding hydrogens is 437 g/mol. The molecule has 0 spiro atoms. The van der Waals surface area contributed by atoms with E-state index in [1.54, 1.807) is 12.3 Å². The number of pyridine rings is 1. The quantitative estimate of drug-likeness (QED) is 0.623. The van der Waals surface area contributed by atoms with Gasteiger partial charge in [-0.3, -0.25) is 4.79 Å². The van der Waals surface area contributed by atoms with Gasteiger partial charge in [0, 0.05) is 32.4 Å². The lowest BCUT2D eigenvalue weighted by Gasteiger charge is -2.35. The van der Waals surface area contributed by atoms with Gasteiger partial charge in [-0.05, 0) is 48.9 Å². The molecule has 3 heterocycles. The van der Waals surface area contributed by atoms with Crippen molar-refractivity contribution in [2.24, 2.45) is 0 Å². The van der Waals surface area contributed by atoms with Crippen molar-refractivity contribution in [2.45, 2.75) is 13.3 Å². The Labute approximate surface area is 188 Å². The van der Waals surface area contributed by atoms with Gasteiger partial charge >= 0.3 is 6.36 Å². The highest BCUT2D eigenvalue weighted by Crippen LogP contribution is 2.27. The van der Waals surface area contributed by atoms with Gasteiger partial charge in [0.1, 0.15) is 11.6 Å². The van der Waals surface area contributed by atoms with Crippen LogP contribution in [0.4, 0.5) is 30.6 Å². The van der Waals surface area contributed by atoms with Crippen molar-refractivity contribution in [1.29, 1.82) is 0 Å². The Morgan fingerprint density at radius 3 is 2.42 bits per heavy atom. The van der Waals surface area contributed by atoms with Crippen molar-refractivity contribution in [2.75, 3.05) is 36.4 Å². The maximum atomic E-state index is 12.8. The third kappa shape index (κ3) is 5.68. The zero-order chi connectivity index (χ0) is 23.4. The number of para-hydroxylation sites is 1. The second kappa shape index (κ2) is 9.31. The van der Waals surface area contributed by atoms with Gasteiger partial charge in [-0.2, -0.15) is 0 Å². The molecular formula is C22H21F3N6O2. The fraction of sp³-hybridized carbons (Fsp3) is 0.273. The summed E-state index contributed by atoms with van der Waals surface area (Å²) in [6.45, 7) is 3.56. The van der Waals surface area contributed by atoms with E-state index in [0.717, 1.165) is 11.6 Å². The highest BCUT2D eigenvalue weighted by Gasteiger charge is 2.34. The van der Waals surface area contributed by atoms with Crippen LogP contribution < -0.4 is 15.0 Å². The maximum absolute atomic E-state index is 12.8. The Hall–Kier alpha value is -3.89. The molecule has 0 aliphatic carbocycles. The van der Waals surface area contributed by atoms with Gasteiger partial charge in [-0.25, -0.2) is 4.98 Å². The van der Waals surface area contributed by atoms with Crippen LogP contribution in [0, 0.1) is 6.92 Å². The molecule has 1 saturated heterocycles. The smallest absolute Gasteiger partial charge is 0.405 e. The summed E-state index contributed by atoms with van der Waals surface area (Å²) < 4.78 is 42.0. The highest BCUT2D eigenvalue weighted by molar-refractivity contribution is 5.97. The number of hydrogen-bond acceptors (Lipinski definition) is 7. The summed E-state index contributed by atoms with van der Waals surface area (Å²) >= 11 is 0. The fourth-order valence-electron chi connectivity index (χ4n) is 3.46. The Balaban J connectivity index is 1.37. The number of amides is 1. The normalized spacial score (nSPS) is 14.2. The first-order valence-corrected chi connectivity index (χ1v) is 10.2. The van der Waals surface area contributed by atoms with Gasteiger partial charge in [-0.1, -0.05) is 12.1 Å². The number of piperazine rings is 1. The van der Waals surface area contributed by atoms with E-state index in [9.17, 15) is 18.0 Å². The first-order chi connectivity index (χ1) is 15.8. The van der Waals surface area contributed by atoms with Crippen LogP contribution in [0.5, 0.6) is 5.75 Å². The van der Waals surface area contributed by atoms with Crippen molar-refractivity contribution in [3.63, 3.8) is 0 Å². The average Bonchev–Trinajstić information content (AvgIpc) is 2.79. The molecule has 0 unspecified atom stereocenters. The highest BCUT2D eigenvalue weighted by atomic mass is 19.4. The first-order valence-electron chi connectivity index (χ1n) is 10.2. The van der Waals surface area contributed by atoms with E-state index >= 15 is 0 Å². The topological polar surface area (TPSA) is 83.5 Å². The van der Waals surface area contributed by atoms with Crippen LogP contribution in [0.25, 0.3) is 0 Å². The molecule has 1 fully saturated rings. The summed E-state index contributed by atoms with van der Waals surface area (Å²) in [7, 11) is 0. The van der Waals surface area contributed by atoms with Gasteiger partial charge in [0.2, 0.25) is 0 Å². The lowest BCUT2D eigenvalue weighted by Crippen LogP contribution is -2.49. The summed E-state index contributed by atoms with van der Waals surface area (Å²) in [4.78, 5) is 20.5. The van der Waals surface area contributed by atoms with E-state index in [2.05, 4.69) is 25.2 Å². The maximum Gasteiger partial charge on any atom is 0.573 e. The van der Waals surface area contributed by atoms with Gasteiger partial charge in [0.15, 0.2) is 11.6 Å². The van der Waals surface area contributed by atoms with Crippen molar-refractivity contribution in [3.8, 4) is 5.75 Å². The summed E-state index contributed by atoms with van der Waals surface area (Å²) in [5, 5.41) is 11.5. The number of benzene rings is 1. The molecule has 8 nitrogen and oxygen atoms in total. The average molecular weight is 458 g/mol. The van der Waals surface area contributed by atoms with Crippen molar-refractivity contribution in [1.82, 2.24) is 20.1 Å². The van der Waals surface area contributed by atoms with Gasteiger partial charge in [0.05, 0.1) is 5.56 Å². The minimum Gasteiger partial charge on any atom is -0.405 e. The monoisotopic (exact) mass is 458 g/mol. The molecule has 1 aliphatic rings. The molecule has 2 aromatic heterocycles. The summed E-state index contributed by atoms with van der Waals surface area (Å²) in [6.07, 6.45) is -3.17. The van der Waals surface area contributed by atoms with Crippen LogP contribution in [0.3, 0.4) is 0 Å². The lowest BCUT2D eigenvalue weighted by molar-refractivity contribution is -0.274. The summed E-state index contributed by atoms with van der Waals surface area (Å²) in [6, 6.07) is 12.7. The number of anilines is 3. The standard InChI is InChI=1S/C22H21F3N6O2/c1-15-8-9-26-19(14-15)27-18-6-7-20(29-28-18)30-10-12-31(13-11-30)21(32)16-4-2-3-5-17(16)33-22(23,24)25/h2-9,14H,10-13H2,1H3,(H,26,27,28). The number of aromatic nitrogens is 3. The van der Waals surface area contributed by atoms with Crippen LogP contribution in [-0.2, 0) is 0 Å². The SMILES string of the molecule is Cc1ccnc(Nc2ccc(N3CCN(C(=O)c4ccccc4OC(F)(F)F)CC3)nn2)c1. The molecule has 1 amide bonds. The zero-order valence-corrected chi connectivity index (χ0v) is 17.7. The Morgan fingerprint density at radius 2 is 1.76 bits per heavy atom. The third-order valence-electron chi connectivity index (χ3n) is 5.06. The van der Waals surface area contributed by atoms with Crippen LogP contribution in [0.15, 0.2) is 54.7 Å². The van der Waals surface area contributed by atoms with Gasteiger partial charge in [0.25, 0.3) is 5.91 Å². The number of nitrogens with zero attached hydrogens (tertiary/aromatic N) is 5. The van der Waals surface area contributed by atoms with Crippen LogP contribution >= 0.6 is 0 Å². The Morgan fingerprint density at radius 1 is 1.00 bits per heavy atom. The molecule has 1 aromatic carbocycles. The summed E-state index contributed by atoms with van der Waals surface area (Å²) in [5.74, 6) is 0.844. The number of halogens is 3. The fourth-order valence-corrected chi connectivity index (χ4v) is 3.46. The molecule has 11 heteroatoms. The zero-order valence-electron chi connectivity index (χ0n) is 17.7. The van der Waals surface area contributed by atoms with Gasteiger partial charge < -0.3 is 19.9 Å². The van der Waals surface area contributed by atoms with E-state index in [0.29, 0.717) is 43.6 Å². The number of hydrogen-bond donors (Lipinski definition) is 1. The first kappa shape index (κ1) is 22.3. The lowest BCUT2D eigenvalue weighted by atomic mass is 10.1. The number of carbonyl (C=O) groups is 1. The molecule has 0 radical (unpaired) electrons. The number of ether oxygens (including phenoxy) is 1. The van der Waals surface area contributed by atoms with E-state index < -0.39 is 18.0 Å². The van der Waals surface area contributed by atoms with Crippen LogP contribution in [-0.4, -0.2) is 58.5 Å². The van der Waals surface area contributed by atoms with Crippen molar-refractivity contribution < 1.29 is 22.7 Å². The summed E-state index contributed by atoms with van der Waals surface area (Å²) in [5.41, 5.74) is 0.945. The number of nitrogens with one attached hydrogen (secondary N) is 1. The van der Waals surface area contributed by atoms with Gasteiger partial charge in [-0.15, -0.1) is 23.4 Å². The number of carbonyl (C=O) groups excluding carboxylic acids is 1. The molecule has 3 aromatic rings. The second-order valence-corrected chi connectivity index (χ2v) is 7.44. The molecule has 0 atom stereocenters. The largest absolute Gasteiger partial charge is 0.573 e. The van der Waals surface area contributed by atoms with E-state index in [-0.39, 0.29) is 5.56 Å². The predicted octanol–water partition coefficient (Wildman–Crippen LogP) is 3.78. The van der Waals surface area contributed by atoms with E-state index in [1.807, 2.05) is 30.0 Å². The Bertz CT molecular complexity index is 1120. The van der Waals surface area contributed by atoms with E-state index in [4.69, 9.17) is 0 Å².